The van der Waals surface area contributed by atoms with Crippen molar-refractivity contribution in [2.24, 2.45) is 0 Å². The summed E-state index contributed by atoms with van der Waals surface area (Å²) in [4.78, 5) is 0. The Morgan fingerprint density at radius 3 is 1.22 bits per heavy atom. The second-order valence-corrected chi connectivity index (χ2v) is 24.2. The van der Waals surface area contributed by atoms with Crippen LogP contribution in [-0.2, 0) is 10.8 Å². The van der Waals surface area contributed by atoms with Crippen LogP contribution in [0.25, 0.3) is 0 Å². The molecule has 0 aromatic heterocycles. The topological polar surface area (TPSA) is 27.7 Å². The van der Waals surface area contributed by atoms with E-state index in [0.717, 1.165) is 5.75 Å². The second-order valence-electron chi connectivity index (χ2n) is 17.8. The van der Waals surface area contributed by atoms with E-state index in [0.29, 0.717) is 11.5 Å². The van der Waals surface area contributed by atoms with Crippen LogP contribution in [0.5, 0.6) is 17.2 Å². The molecule has 268 valence electrons. The normalized spacial score (nSPS) is 13.5. The molecule has 0 amide bonds. The van der Waals surface area contributed by atoms with Gasteiger partial charge < -0.3 is 0 Å². The van der Waals surface area contributed by atoms with Crippen LogP contribution in [0.1, 0.15) is 94.2 Å². The molecule has 0 atom stereocenters. The monoisotopic (exact) mass is 700 g/mol. The maximum atomic E-state index is 7.10. The van der Waals surface area contributed by atoms with Gasteiger partial charge in [-0.3, -0.25) is 0 Å². The van der Waals surface area contributed by atoms with Crippen LogP contribution in [0, 0.1) is 0 Å². The third kappa shape index (κ3) is 6.73. The molecule has 5 aromatic rings. The van der Waals surface area contributed by atoms with Gasteiger partial charge in [-0.2, -0.15) is 0 Å². The molecule has 5 aromatic carbocycles. The molecule has 5 rings (SSSR count). The SMILES string of the molecule is CC(C)(C)c1cc(C(C)(C)C)cc(P(c2ccccc2)(c2ccccc2OB(Oc2ccccc2)Oc2ccccc2)(C(C)(C)C)C(C)(C)C)c1. The van der Waals surface area contributed by atoms with Gasteiger partial charge in [0.1, 0.15) is 0 Å². The molecular formula is C46H58BO3P. The van der Waals surface area contributed by atoms with Crippen molar-refractivity contribution in [2.45, 2.75) is 104 Å². The zero-order valence-electron chi connectivity index (χ0n) is 33.0. The van der Waals surface area contributed by atoms with Crippen LogP contribution in [-0.4, -0.2) is 17.6 Å². The molecule has 0 fully saturated rings. The van der Waals surface area contributed by atoms with Gasteiger partial charge in [0.25, 0.3) is 0 Å². The molecule has 0 radical (unpaired) electrons. The van der Waals surface area contributed by atoms with Gasteiger partial charge in [-0.05, 0) is 0 Å². The summed E-state index contributed by atoms with van der Waals surface area (Å²) in [5.41, 5.74) is 2.52. The molecule has 0 unspecified atom stereocenters. The summed E-state index contributed by atoms with van der Waals surface area (Å²) in [6, 6.07) is 46.9. The van der Waals surface area contributed by atoms with Crippen molar-refractivity contribution in [3.63, 3.8) is 0 Å². The predicted octanol–water partition coefficient (Wildman–Crippen LogP) is 11.2. The molecule has 0 saturated carbocycles. The van der Waals surface area contributed by atoms with Crippen molar-refractivity contribution in [3.8, 4) is 17.2 Å². The Kier molecular flexibility index (Phi) is 10.4. The number of hydrogen-bond acceptors (Lipinski definition) is 3. The van der Waals surface area contributed by atoms with E-state index < -0.39 is 13.9 Å². The van der Waals surface area contributed by atoms with Crippen LogP contribution in [0.2, 0.25) is 0 Å². The Hall–Kier alpha value is -4.01. The minimum atomic E-state index is -3.68. The molecule has 0 bridgehead atoms. The van der Waals surface area contributed by atoms with E-state index in [-0.39, 0.29) is 21.1 Å². The summed E-state index contributed by atoms with van der Waals surface area (Å²) in [5.74, 6) is 2.07. The summed E-state index contributed by atoms with van der Waals surface area (Å²) >= 11 is 0. The van der Waals surface area contributed by atoms with E-state index in [1.807, 2.05) is 60.7 Å². The third-order valence-corrected chi connectivity index (χ3v) is 20.0. The Bertz CT molecular complexity index is 1820. The van der Waals surface area contributed by atoms with Gasteiger partial charge in [0, 0.05) is 0 Å². The number of benzene rings is 5. The van der Waals surface area contributed by atoms with Crippen LogP contribution >= 0.6 is 6.60 Å². The van der Waals surface area contributed by atoms with Gasteiger partial charge in [0.2, 0.25) is 0 Å². The minimum absolute atomic E-state index is 0.0728. The van der Waals surface area contributed by atoms with E-state index in [4.69, 9.17) is 14.0 Å². The van der Waals surface area contributed by atoms with E-state index in [1.165, 1.54) is 27.0 Å². The van der Waals surface area contributed by atoms with Gasteiger partial charge in [-0.15, -0.1) is 0 Å². The third-order valence-electron chi connectivity index (χ3n) is 10.6. The van der Waals surface area contributed by atoms with Crippen molar-refractivity contribution >= 4 is 29.8 Å². The first-order valence-electron chi connectivity index (χ1n) is 18.2. The predicted molar refractivity (Wildman–Crippen MR) is 223 cm³/mol. The molecule has 0 heterocycles. The maximum absolute atomic E-state index is 7.10. The quantitative estimate of drug-likeness (QED) is 0.113. The Balaban J connectivity index is 1.94. The van der Waals surface area contributed by atoms with Gasteiger partial charge >= 0.3 is 310 Å². The first-order valence-corrected chi connectivity index (χ1v) is 20.5. The fourth-order valence-corrected chi connectivity index (χ4v) is 18.4. The molecule has 0 spiro atoms. The van der Waals surface area contributed by atoms with E-state index in [9.17, 15) is 0 Å². The fraction of sp³-hybridized carbons (Fsp3) is 0.348. The summed E-state index contributed by atoms with van der Waals surface area (Å²) < 4.78 is 20.1. The van der Waals surface area contributed by atoms with Gasteiger partial charge in [-0.25, -0.2) is 0 Å². The Morgan fingerprint density at radius 1 is 0.412 bits per heavy atom. The Morgan fingerprint density at radius 2 is 0.804 bits per heavy atom. The van der Waals surface area contributed by atoms with Crippen molar-refractivity contribution in [1.29, 1.82) is 0 Å². The fourth-order valence-electron chi connectivity index (χ4n) is 8.49. The van der Waals surface area contributed by atoms with Gasteiger partial charge in [0.05, 0.1) is 0 Å². The molecule has 0 N–H and O–H groups in total. The summed E-state index contributed by atoms with van der Waals surface area (Å²) in [7, 11) is -1.06. The van der Waals surface area contributed by atoms with Crippen molar-refractivity contribution in [2.75, 3.05) is 0 Å². The molecule has 0 saturated heterocycles. The Labute approximate surface area is 308 Å². The zero-order valence-corrected chi connectivity index (χ0v) is 33.8. The summed E-state index contributed by atoms with van der Waals surface area (Å²) in [6.07, 6.45) is 0. The molecular weight excluding hydrogens is 642 g/mol. The molecule has 0 aliphatic carbocycles. The standard InChI is InChI=1S/C46H58BO3P/c1-43(2,3)35-32-36(44(4,5)6)34-40(33-35)51(45(7,8)9,46(10,11)12,39-28-20-15-21-29-39)42-31-23-22-30-41(42)50-47(48-37-24-16-13-17-25-37)49-38-26-18-14-19-27-38/h13-34H,1-12H3. The van der Waals surface area contributed by atoms with Crippen molar-refractivity contribution < 1.29 is 14.0 Å². The zero-order chi connectivity index (χ0) is 37.3. The average molecular weight is 701 g/mol. The van der Waals surface area contributed by atoms with Crippen molar-refractivity contribution in [3.05, 3.63) is 145 Å². The van der Waals surface area contributed by atoms with Crippen LogP contribution in [0.15, 0.2) is 133 Å². The van der Waals surface area contributed by atoms with Crippen LogP contribution < -0.4 is 29.9 Å². The van der Waals surface area contributed by atoms with E-state index in [2.05, 4.69) is 156 Å². The first-order chi connectivity index (χ1) is 23.8. The molecule has 0 aliphatic heterocycles. The van der Waals surface area contributed by atoms with Crippen LogP contribution in [0.3, 0.4) is 0 Å². The molecule has 0 aliphatic rings. The molecule has 3 nitrogen and oxygen atoms in total. The number of hydrogen-bond donors (Lipinski definition) is 0. The second kappa shape index (κ2) is 13.9. The summed E-state index contributed by atoms with van der Waals surface area (Å²) in [5, 5.41) is 3.30. The van der Waals surface area contributed by atoms with Crippen molar-refractivity contribution in [1.82, 2.24) is 0 Å². The van der Waals surface area contributed by atoms with Gasteiger partial charge in [0.15, 0.2) is 0 Å². The molecule has 5 heteroatoms. The van der Waals surface area contributed by atoms with E-state index in [1.54, 1.807) is 0 Å². The number of rotatable bonds is 9. The van der Waals surface area contributed by atoms with E-state index >= 15 is 0 Å². The number of para-hydroxylation sites is 3. The summed E-state index contributed by atoms with van der Waals surface area (Å²) in [6.45, 7) is 24.9. The van der Waals surface area contributed by atoms with Gasteiger partial charge in [-0.1, -0.05) is 0 Å². The van der Waals surface area contributed by atoms with Crippen LogP contribution in [0.4, 0.5) is 0 Å². The average Bonchev–Trinajstić information content (AvgIpc) is 3.05. The molecule has 51 heavy (non-hydrogen) atoms. The first kappa shape index (κ1) is 38.2.